The van der Waals surface area contributed by atoms with E-state index in [1.807, 2.05) is 54.6 Å². The minimum absolute atomic E-state index is 0. The Morgan fingerprint density at radius 3 is 0.787 bits per heavy atom. The van der Waals surface area contributed by atoms with E-state index in [1.165, 1.54) is 49.5 Å². The molecule has 0 saturated carbocycles. The highest BCUT2D eigenvalue weighted by molar-refractivity contribution is 6.21. The lowest BCUT2D eigenvalue weighted by Crippen LogP contribution is -1.97. The molecule has 0 saturated heterocycles. The summed E-state index contributed by atoms with van der Waals surface area (Å²) < 4.78 is 10.5. The number of oxazole rings is 1. The van der Waals surface area contributed by atoms with Crippen LogP contribution in [0.3, 0.4) is 0 Å². The number of pyridine rings is 3. The average molecular weight is 1820 g/mol. The molecule has 0 spiro atoms. The first-order valence-corrected chi connectivity index (χ1v) is 45.6. The molecule has 0 atom stereocenters. The molecular formula is C132H106N8O. The average Bonchev–Trinajstić information content (AvgIpc) is 1.70. The third kappa shape index (κ3) is 17.8. The number of benzene rings is 20. The summed E-state index contributed by atoms with van der Waals surface area (Å²) in [5, 5.41) is 10.5. The van der Waals surface area contributed by atoms with Crippen molar-refractivity contribution >= 4 is 98.2 Å². The van der Waals surface area contributed by atoms with Crippen molar-refractivity contribution in [3.05, 3.63) is 497 Å². The van der Waals surface area contributed by atoms with Gasteiger partial charge in [0.05, 0.1) is 55.7 Å². The Bertz CT molecular complexity index is 8870. The molecule has 0 aliphatic carbocycles. The predicted octanol–water partition coefficient (Wildman–Crippen LogP) is 36.8. The number of hydrogen-bond acceptors (Lipinski definition) is 7. The van der Waals surface area contributed by atoms with Crippen LogP contribution in [-0.4, -0.2) is 39.0 Å². The second-order valence-electron chi connectivity index (χ2n) is 33.9. The minimum atomic E-state index is 0. The Morgan fingerprint density at radius 2 is 0.433 bits per heavy atom. The summed E-state index contributed by atoms with van der Waals surface area (Å²) in [6.45, 7) is 0. The maximum atomic E-state index is 5.99. The Hall–Kier alpha value is -18.2. The molecule has 0 aliphatic rings. The van der Waals surface area contributed by atoms with E-state index in [2.05, 4.69) is 457 Å². The van der Waals surface area contributed by atoms with Crippen LogP contribution in [0.2, 0.25) is 0 Å². The standard InChI is InChI=1S/2C44H29N3.C38H24N2O.6CH4/c1-4-13-31(14-5-1)36-19-12-20-37-42(36)38-29-34(25-28-39(38)45-43(37)32-15-6-2-7-16-32)30-23-26-35(27-24-30)47-41-22-11-10-21-40(41)46-44(47)33-17-8-3-9-18-33;1-4-13-31(14-5-1)36-19-12-20-37-42(36)38-29-34(27-28-39(38)45-43(37)32-15-6-2-7-16-32)30-23-25-33(26-24-30)44-46-40-21-10-11-22-41(40)47(44)35-17-8-3-9-18-35;1-3-10-26(11-4-1)30-14-9-15-31-36(30)32-24-29(22-23-33(32)39-37(31)27-12-5-2-6-13-27)25-18-20-28(21-19-25)38-40-34-16-7-8-17-35(34)41-38;;;;;;/h2*1-29H;1-24H;6*1H4. The molecule has 6 aromatic heterocycles. The van der Waals surface area contributed by atoms with Gasteiger partial charge in [0.15, 0.2) is 5.58 Å². The summed E-state index contributed by atoms with van der Waals surface area (Å²) in [7, 11) is 0. The van der Waals surface area contributed by atoms with E-state index in [1.54, 1.807) is 0 Å². The van der Waals surface area contributed by atoms with Crippen LogP contribution in [0.4, 0.5) is 0 Å². The molecule has 0 N–H and O–H groups in total. The zero-order valence-corrected chi connectivity index (χ0v) is 73.3. The van der Waals surface area contributed by atoms with Crippen LogP contribution in [0.25, 0.3) is 244 Å². The van der Waals surface area contributed by atoms with Gasteiger partial charge in [0.25, 0.3) is 0 Å². The molecule has 0 aliphatic heterocycles. The zero-order valence-electron chi connectivity index (χ0n) is 73.3. The van der Waals surface area contributed by atoms with Crippen LogP contribution in [0.15, 0.2) is 502 Å². The molecule has 0 fully saturated rings. The zero-order chi connectivity index (χ0) is 89.5. The largest absolute Gasteiger partial charge is 0.436 e. The van der Waals surface area contributed by atoms with Gasteiger partial charge in [-0.15, -0.1) is 0 Å². The van der Waals surface area contributed by atoms with Crippen molar-refractivity contribution in [2.75, 3.05) is 0 Å². The van der Waals surface area contributed by atoms with Crippen LogP contribution in [-0.2, 0) is 0 Å². The number of fused-ring (bicyclic) bond motifs is 12. The first-order chi connectivity index (χ1) is 66.9. The molecule has 0 unspecified atom stereocenters. The van der Waals surface area contributed by atoms with Gasteiger partial charge in [0.1, 0.15) is 17.2 Å². The van der Waals surface area contributed by atoms with Crippen LogP contribution in [0, 0.1) is 0 Å². The number of nitrogens with zero attached hydrogens (tertiary/aromatic N) is 8. The van der Waals surface area contributed by atoms with Crippen molar-refractivity contribution in [3.63, 3.8) is 0 Å². The van der Waals surface area contributed by atoms with Gasteiger partial charge < -0.3 is 4.42 Å². The molecular weight excluding hydrogens is 1710 g/mol. The summed E-state index contributed by atoms with van der Waals surface area (Å²) in [5.41, 5.74) is 34.5. The normalized spacial score (nSPS) is 10.9. The number of para-hydroxylation sites is 7. The molecule has 9 nitrogen and oxygen atoms in total. The van der Waals surface area contributed by atoms with Gasteiger partial charge in [0, 0.05) is 93.2 Å². The van der Waals surface area contributed by atoms with Gasteiger partial charge in [-0.1, -0.05) is 433 Å². The molecule has 141 heavy (non-hydrogen) atoms. The Balaban J connectivity index is 0.000000137. The number of imidazole rings is 2. The summed E-state index contributed by atoms with van der Waals surface area (Å²) in [4.78, 5) is 30.4. The molecule has 0 bridgehead atoms. The van der Waals surface area contributed by atoms with E-state index in [0.717, 1.165) is 189 Å². The van der Waals surface area contributed by atoms with Crippen molar-refractivity contribution in [1.82, 2.24) is 39.0 Å². The molecule has 0 radical (unpaired) electrons. The highest BCUT2D eigenvalue weighted by Crippen LogP contribution is 2.46. The van der Waals surface area contributed by atoms with E-state index in [9.17, 15) is 0 Å². The van der Waals surface area contributed by atoms with E-state index in [-0.39, 0.29) is 44.6 Å². The molecule has 6 heterocycles. The van der Waals surface area contributed by atoms with Gasteiger partial charge in [0.2, 0.25) is 5.89 Å². The predicted molar refractivity (Wildman–Crippen MR) is 600 cm³/mol. The summed E-state index contributed by atoms with van der Waals surface area (Å²) in [6.07, 6.45) is 0. The first kappa shape index (κ1) is 93.2. The van der Waals surface area contributed by atoms with Gasteiger partial charge in [-0.25, -0.2) is 29.9 Å². The Labute approximate surface area is 824 Å². The Kier molecular flexibility index (Phi) is 27.0. The topological polar surface area (TPSA) is 100 Å². The van der Waals surface area contributed by atoms with Crippen molar-refractivity contribution in [1.29, 1.82) is 0 Å². The number of rotatable bonds is 14. The third-order valence-corrected chi connectivity index (χ3v) is 25.7. The fraction of sp³-hybridized carbons (Fsp3) is 0.0455. The summed E-state index contributed by atoms with van der Waals surface area (Å²) in [5.74, 6) is 2.50. The lowest BCUT2D eigenvalue weighted by molar-refractivity contribution is 0.620. The van der Waals surface area contributed by atoms with Gasteiger partial charge >= 0.3 is 0 Å². The molecule has 0 amide bonds. The lowest BCUT2D eigenvalue weighted by Gasteiger charge is -2.15. The van der Waals surface area contributed by atoms with Gasteiger partial charge in [-0.2, -0.15) is 0 Å². The van der Waals surface area contributed by atoms with Gasteiger partial charge in [-0.3, -0.25) is 9.13 Å². The quantitative estimate of drug-likeness (QED) is 0.1000. The summed E-state index contributed by atoms with van der Waals surface area (Å²) in [6, 6.07) is 174. The van der Waals surface area contributed by atoms with Crippen LogP contribution < -0.4 is 0 Å². The van der Waals surface area contributed by atoms with E-state index < -0.39 is 0 Å². The van der Waals surface area contributed by atoms with Crippen molar-refractivity contribution < 1.29 is 4.42 Å². The van der Waals surface area contributed by atoms with Crippen LogP contribution in [0.1, 0.15) is 44.6 Å². The fourth-order valence-corrected chi connectivity index (χ4v) is 19.3. The molecule has 20 aromatic carbocycles. The van der Waals surface area contributed by atoms with Crippen molar-refractivity contribution in [2.24, 2.45) is 0 Å². The van der Waals surface area contributed by atoms with Gasteiger partial charge in [-0.05, 0) is 176 Å². The summed E-state index contributed by atoms with van der Waals surface area (Å²) >= 11 is 0. The highest BCUT2D eigenvalue weighted by Gasteiger charge is 2.23. The molecule has 680 valence electrons. The maximum absolute atomic E-state index is 5.99. The highest BCUT2D eigenvalue weighted by atomic mass is 16.3. The second kappa shape index (κ2) is 40.8. The van der Waals surface area contributed by atoms with Crippen LogP contribution >= 0.6 is 0 Å². The number of aromatic nitrogens is 8. The van der Waals surface area contributed by atoms with Crippen molar-refractivity contribution in [3.8, 4) is 146 Å². The van der Waals surface area contributed by atoms with Crippen molar-refractivity contribution in [2.45, 2.75) is 44.6 Å². The van der Waals surface area contributed by atoms with E-state index in [0.29, 0.717) is 5.89 Å². The maximum Gasteiger partial charge on any atom is 0.227 e. The van der Waals surface area contributed by atoms with E-state index >= 15 is 0 Å². The van der Waals surface area contributed by atoms with E-state index in [4.69, 9.17) is 29.3 Å². The molecule has 26 rings (SSSR count). The molecule has 9 heteroatoms. The molecule has 26 aromatic rings. The smallest absolute Gasteiger partial charge is 0.227 e. The monoisotopic (exact) mass is 1820 g/mol. The fourth-order valence-electron chi connectivity index (χ4n) is 19.3. The minimum Gasteiger partial charge on any atom is -0.436 e. The first-order valence-electron chi connectivity index (χ1n) is 45.6. The SMILES string of the molecule is C.C.C.C.C.C.c1ccc(-c2nc3ccc(-c4ccc(-c5nc6ccccc6n5-c5ccccc5)cc4)cc3c3c(-c4ccccc4)cccc23)cc1.c1ccc(-c2nc3ccc(-c4ccc(-c5nc6ccccc6o5)cc4)cc3c3c(-c4ccccc4)cccc23)cc1.c1ccc(-c2nc3ccc(-c4ccc(-n5c(-c6ccccc6)nc6ccccc65)cc4)cc3c3c(-c4ccccc4)cccc23)cc1. The third-order valence-electron chi connectivity index (χ3n) is 25.7. The Morgan fingerprint density at radius 1 is 0.163 bits per heavy atom. The second-order valence-corrected chi connectivity index (χ2v) is 33.9. The van der Waals surface area contributed by atoms with Crippen LogP contribution in [0.5, 0.6) is 0 Å². The lowest BCUT2D eigenvalue weighted by atomic mass is 9.91. The number of hydrogen-bond donors (Lipinski definition) is 0.